The number of carbonyl (C=O) groups is 3. The van der Waals surface area contributed by atoms with Crippen LogP contribution in [0.25, 0.3) is 0 Å². The van der Waals surface area contributed by atoms with Gasteiger partial charge in [-0.3, -0.25) is 14.4 Å². The summed E-state index contributed by atoms with van der Waals surface area (Å²) in [7, 11) is 0. The second-order valence-corrected chi connectivity index (χ2v) is 13.4. The van der Waals surface area contributed by atoms with Crippen molar-refractivity contribution in [2.75, 3.05) is 0 Å². The summed E-state index contributed by atoms with van der Waals surface area (Å²) in [5.41, 5.74) is -2.16. The van der Waals surface area contributed by atoms with Gasteiger partial charge in [-0.15, -0.1) is 0 Å². The molecule has 1 aliphatic heterocycles. The highest BCUT2D eigenvalue weighted by atomic mass is 16.6. The summed E-state index contributed by atoms with van der Waals surface area (Å²) >= 11 is 0. The second-order valence-electron chi connectivity index (χ2n) is 13.4. The third-order valence-electron chi connectivity index (χ3n) is 9.83. The molecule has 4 rings (SSSR count). The number of carbonyl (C=O) groups excluding carboxylic acids is 3. The number of rotatable bonds is 7. The van der Waals surface area contributed by atoms with Gasteiger partial charge in [0, 0.05) is 11.8 Å². The van der Waals surface area contributed by atoms with Crippen LogP contribution in [0.2, 0.25) is 0 Å². The number of nitrogens with zero attached hydrogens (tertiary/aromatic N) is 1. The van der Waals surface area contributed by atoms with E-state index in [2.05, 4.69) is 19.9 Å². The molecule has 1 saturated heterocycles. The Hall–Kier alpha value is -2.10. The van der Waals surface area contributed by atoms with E-state index in [1.165, 1.54) is 32.1 Å². The molecule has 0 aromatic rings. The highest BCUT2D eigenvalue weighted by molar-refractivity contribution is 5.84. The zero-order valence-corrected chi connectivity index (χ0v) is 24.1. The molecule has 2 bridgehead atoms. The molecule has 37 heavy (non-hydrogen) atoms. The van der Waals surface area contributed by atoms with Crippen molar-refractivity contribution < 1.29 is 28.6 Å². The third kappa shape index (κ3) is 5.54. The van der Waals surface area contributed by atoms with Gasteiger partial charge in [0.2, 0.25) is 0 Å². The van der Waals surface area contributed by atoms with Gasteiger partial charge in [-0.25, -0.2) is 0 Å². The van der Waals surface area contributed by atoms with Crippen molar-refractivity contribution in [3.63, 3.8) is 0 Å². The maximum atomic E-state index is 12.2. The van der Waals surface area contributed by atoms with Crippen LogP contribution in [0.3, 0.4) is 0 Å². The van der Waals surface area contributed by atoms with Crippen molar-refractivity contribution in [1.82, 2.24) is 0 Å². The quantitative estimate of drug-likeness (QED) is 0.295. The number of ether oxygens (including phenoxy) is 3. The molecule has 0 N–H and O–H groups in total. The van der Waals surface area contributed by atoms with Crippen LogP contribution in [-0.4, -0.2) is 35.7 Å². The molecule has 3 aliphatic carbocycles. The van der Waals surface area contributed by atoms with E-state index >= 15 is 0 Å². The van der Waals surface area contributed by atoms with Crippen LogP contribution >= 0.6 is 0 Å². The van der Waals surface area contributed by atoms with Gasteiger partial charge >= 0.3 is 17.9 Å². The van der Waals surface area contributed by atoms with E-state index in [0.29, 0.717) is 18.8 Å². The maximum absolute atomic E-state index is 12.2. The van der Waals surface area contributed by atoms with Crippen LogP contribution in [0.4, 0.5) is 0 Å². The van der Waals surface area contributed by atoms with E-state index < -0.39 is 22.9 Å². The Morgan fingerprint density at radius 3 is 2.11 bits per heavy atom. The van der Waals surface area contributed by atoms with E-state index in [9.17, 15) is 19.6 Å². The smallest absolute Gasteiger partial charge is 0.327 e. The van der Waals surface area contributed by atoms with Gasteiger partial charge in [0.25, 0.3) is 0 Å². The molecule has 0 aromatic heterocycles. The van der Waals surface area contributed by atoms with Gasteiger partial charge < -0.3 is 14.2 Å². The number of esters is 3. The largest absolute Gasteiger partial charge is 0.459 e. The monoisotopic (exact) mass is 517 g/mol. The molecule has 208 valence electrons. The van der Waals surface area contributed by atoms with E-state index in [1.54, 1.807) is 0 Å². The average Bonchev–Trinajstić information content (AvgIpc) is 3.46. The van der Waals surface area contributed by atoms with E-state index in [4.69, 9.17) is 14.2 Å². The Balaban J connectivity index is 0.000000209. The molecule has 5 unspecified atom stereocenters. The minimum atomic E-state index is -0.974. The number of nitriles is 1. The van der Waals surface area contributed by atoms with Crippen molar-refractivity contribution in [2.24, 2.45) is 34.0 Å². The average molecular weight is 518 g/mol. The number of fused-ring (bicyclic) bond motifs is 1. The molecular formula is C30H47NO6. The zero-order valence-electron chi connectivity index (χ0n) is 24.1. The van der Waals surface area contributed by atoms with Crippen LogP contribution in [0.5, 0.6) is 0 Å². The lowest BCUT2D eigenvalue weighted by atomic mass is 9.74. The van der Waals surface area contributed by atoms with E-state index in [1.807, 2.05) is 41.5 Å². The van der Waals surface area contributed by atoms with Crippen molar-refractivity contribution in [3.05, 3.63) is 0 Å². The lowest BCUT2D eigenvalue weighted by Gasteiger charge is -2.38. The van der Waals surface area contributed by atoms with Gasteiger partial charge in [0.05, 0.1) is 16.9 Å². The Morgan fingerprint density at radius 1 is 1.00 bits per heavy atom. The molecule has 0 radical (unpaired) electrons. The molecular weight excluding hydrogens is 470 g/mol. The van der Waals surface area contributed by atoms with Crippen molar-refractivity contribution in [1.29, 1.82) is 5.26 Å². The van der Waals surface area contributed by atoms with Gasteiger partial charge in [0.1, 0.15) is 17.8 Å². The molecule has 4 fully saturated rings. The van der Waals surface area contributed by atoms with Crippen LogP contribution in [0.15, 0.2) is 0 Å². The fourth-order valence-corrected chi connectivity index (χ4v) is 6.12. The van der Waals surface area contributed by atoms with Gasteiger partial charge in [-0.05, 0) is 86.0 Å². The lowest BCUT2D eigenvalue weighted by molar-refractivity contribution is -0.174. The minimum absolute atomic E-state index is 0.0458. The second kappa shape index (κ2) is 10.6. The van der Waals surface area contributed by atoms with E-state index in [0.717, 1.165) is 12.8 Å². The van der Waals surface area contributed by atoms with Gasteiger partial charge in [-0.1, -0.05) is 33.1 Å². The maximum Gasteiger partial charge on any atom is 0.327 e. The molecule has 1 heterocycles. The van der Waals surface area contributed by atoms with E-state index in [-0.39, 0.29) is 40.9 Å². The van der Waals surface area contributed by atoms with Crippen molar-refractivity contribution in [2.45, 2.75) is 131 Å². The SMILES string of the molecule is CCC(C)(C)C(=O)OC(C)(C)C1CCCCC1.CCC(C)(C)C(=O)OC1C2CC3C1OC(=O)C3(C#N)C2. The Bertz CT molecular complexity index is 925. The minimum Gasteiger partial charge on any atom is -0.459 e. The summed E-state index contributed by atoms with van der Waals surface area (Å²) in [6, 6.07) is 2.15. The number of hydrogen-bond donors (Lipinski definition) is 0. The standard InChI is InChI=1S/C15H19NO4.C15H28O2/c1-4-14(2,3)12(17)19-10-8-5-9-11(10)20-13(18)15(9,6-8)7-16;1-6-14(2,3)13(16)17-15(4,5)12-10-8-7-9-11-12/h8-11H,4-6H2,1-3H3;12H,6-11H2,1-5H3. The molecule has 7 heteroatoms. The molecule has 0 amide bonds. The first-order valence-corrected chi connectivity index (χ1v) is 14.2. The first-order valence-electron chi connectivity index (χ1n) is 14.2. The Labute approximate surface area is 223 Å². The Kier molecular flexibility index (Phi) is 8.42. The normalized spacial score (nSPS) is 31.2. The van der Waals surface area contributed by atoms with Crippen molar-refractivity contribution >= 4 is 17.9 Å². The summed E-state index contributed by atoms with van der Waals surface area (Å²) in [6.45, 7) is 15.8. The summed E-state index contributed by atoms with van der Waals surface area (Å²) in [5, 5.41) is 9.31. The first-order chi connectivity index (χ1) is 17.1. The van der Waals surface area contributed by atoms with Crippen molar-refractivity contribution in [3.8, 4) is 6.07 Å². The molecule has 0 aromatic carbocycles. The molecule has 3 saturated carbocycles. The van der Waals surface area contributed by atoms with Crippen LogP contribution in [-0.2, 0) is 28.6 Å². The molecule has 4 aliphatic rings. The lowest BCUT2D eigenvalue weighted by Crippen LogP contribution is -2.42. The summed E-state index contributed by atoms with van der Waals surface area (Å²) in [5.74, 6) is -0.211. The summed E-state index contributed by atoms with van der Waals surface area (Å²) in [6.07, 6.45) is 8.24. The topological polar surface area (TPSA) is 103 Å². The highest BCUT2D eigenvalue weighted by Gasteiger charge is 2.72. The molecule has 7 nitrogen and oxygen atoms in total. The molecule has 5 atom stereocenters. The summed E-state index contributed by atoms with van der Waals surface area (Å²) < 4.78 is 16.8. The van der Waals surface area contributed by atoms with Gasteiger partial charge in [0.15, 0.2) is 5.41 Å². The zero-order chi connectivity index (χ0) is 27.8. The summed E-state index contributed by atoms with van der Waals surface area (Å²) in [4.78, 5) is 36.3. The van der Waals surface area contributed by atoms with Crippen LogP contribution < -0.4 is 0 Å². The third-order valence-corrected chi connectivity index (χ3v) is 9.83. The fraction of sp³-hybridized carbons (Fsp3) is 0.867. The predicted octanol–water partition coefficient (Wildman–Crippen LogP) is 6.13. The number of hydrogen-bond acceptors (Lipinski definition) is 7. The molecule has 0 spiro atoms. The van der Waals surface area contributed by atoms with Crippen LogP contribution in [0.1, 0.15) is 113 Å². The predicted molar refractivity (Wildman–Crippen MR) is 139 cm³/mol. The Morgan fingerprint density at radius 2 is 1.57 bits per heavy atom. The van der Waals surface area contributed by atoms with Gasteiger partial charge in [-0.2, -0.15) is 5.26 Å². The highest BCUT2D eigenvalue weighted by Crippen LogP contribution is 2.62. The van der Waals surface area contributed by atoms with Crippen LogP contribution in [0, 0.1) is 45.3 Å². The first kappa shape index (κ1) is 29.5. The fourth-order valence-electron chi connectivity index (χ4n) is 6.12.